The molecule has 1 aromatic heterocycles. The van der Waals surface area contributed by atoms with Crippen molar-refractivity contribution in [3.8, 4) is 5.69 Å². The van der Waals surface area contributed by atoms with E-state index in [1.807, 2.05) is 25.1 Å². The highest BCUT2D eigenvalue weighted by molar-refractivity contribution is 6.10. The van der Waals surface area contributed by atoms with Crippen molar-refractivity contribution in [2.45, 2.75) is 33.1 Å². The number of anilines is 2. The fourth-order valence-corrected chi connectivity index (χ4v) is 4.85. The van der Waals surface area contributed by atoms with Crippen LogP contribution >= 0.6 is 0 Å². The van der Waals surface area contributed by atoms with Gasteiger partial charge in [0.25, 0.3) is 11.8 Å². The van der Waals surface area contributed by atoms with Gasteiger partial charge in [0.05, 0.1) is 5.69 Å². The molecule has 0 atom stereocenters. The minimum Gasteiger partial charge on any atom is -0.364 e. The maximum atomic E-state index is 13.7. The Labute approximate surface area is 195 Å². The molecule has 1 fully saturated rings. The lowest BCUT2D eigenvalue weighted by atomic mass is 10.0. The molecule has 0 unspecified atom stereocenters. The van der Waals surface area contributed by atoms with Crippen LogP contribution in [0.5, 0.6) is 0 Å². The third-order valence-corrected chi connectivity index (χ3v) is 6.49. The zero-order chi connectivity index (χ0) is 24.1. The number of nitrogens with two attached hydrogens (primary N) is 1. The number of halogens is 1. The van der Waals surface area contributed by atoms with Crippen molar-refractivity contribution in [1.82, 2.24) is 9.78 Å². The van der Waals surface area contributed by atoms with Crippen LogP contribution in [0.2, 0.25) is 0 Å². The van der Waals surface area contributed by atoms with Gasteiger partial charge in [0.15, 0.2) is 5.69 Å². The molecule has 3 amide bonds. The van der Waals surface area contributed by atoms with Gasteiger partial charge < -0.3 is 15.5 Å². The molecule has 0 saturated carbocycles. The smallest absolute Gasteiger partial charge is 0.277 e. The van der Waals surface area contributed by atoms with Crippen LogP contribution in [-0.2, 0) is 11.2 Å². The molecular weight excluding hydrogens is 437 g/mol. The average Bonchev–Trinajstić information content (AvgIpc) is 3.39. The molecule has 3 aromatic rings. The van der Waals surface area contributed by atoms with E-state index in [-0.39, 0.29) is 23.2 Å². The first-order valence-corrected chi connectivity index (χ1v) is 11.2. The van der Waals surface area contributed by atoms with E-state index in [0.717, 1.165) is 23.4 Å². The van der Waals surface area contributed by atoms with Gasteiger partial charge in [-0.15, -0.1) is 0 Å². The average molecular weight is 461 g/mol. The van der Waals surface area contributed by atoms with Crippen molar-refractivity contribution in [2.24, 2.45) is 5.73 Å². The lowest BCUT2D eigenvalue weighted by molar-refractivity contribution is -0.117. The van der Waals surface area contributed by atoms with Crippen molar-refractivity contribution in [3.05, 3.63) is 70.3 Å². The molecule has 1 saturated heterocycles. The van der Waals surface area contributed by atoms with Crippen LogP contribution in [0.1, 0.15) is 50.5 Å². The highest BCUT2D eigenvalue weighted by atomic mass is 19.1. The Kier molecular flexibility index (Phi) is 5.19. The van der Waals surface area contributed by atoms with E-state index in [9.17, 15) is 18.8 Å². The standard InChI is InChI=1S/C25H24FN5O3/c1-14-12-16(26)5-7-20(14)31-23-18(22(28-31)24(27)33)9-11-30(25(23)34)19-8-6-17(13-15(19)2)29-10-3-4-21(29)32/h5-8,12-13H,3-4,9-11H2,1-2H3,(H2,27,33). The maximum absolute atomic E-state index is 13.7. The summed E-state index contributed by atoms with van der Waals surface area (Å²) in [6.07, 6.45) is 1.77. The second-order valence-electron chi connectivity index (χ2n) is 8.71. The first kappa shape index (κ1) is 21.8. The van der Waals surface area contributed by atoms with Gasteiger partial charge in [-0.25, -0.2) is 9.07 Å². The number of nitrogens with zero attached hydrogens (tertiary/aromatic N) is 4. The molecule has 0 bridgehead atoms. The molecule has 3 heterocycles. The molecule has 34 heavy (non-hydrogen) atoms. The van der Waals surface area contributed by atoms with Crippen molar-refractivity contribution >= 4 is 29.1 Å². The largest absolute Gasteiger partial charge is 0.364 e. The zero-order valence-corrected chi connectivity index (χ0v) is 19.0. The highest BCUT2D eigenvalue weighted by Gasteiger charge is 2.35. The Morgan fingerprint density at radius 1 is 0.971 bits per heavy atom. The number of primary amides is 1. The van der Waals surface area contributed by atoms with Gasteiger partial charge in [-0.3, -0.25) is 14.4 Å². The number of hydrogen-bond acceptors (Lipinski definition) is 4. The van der Waals surface area contributed by atoms with Gasteiger partial charge in [-0.2, -0.15) is 5.10 Å². The number of aryl methyl sites for hydroxylation is 2. The lowest BCUT2D eigenvalue weighted by Gasteiger charge is -2.30. The molecule has 8 nitrogen and oxygen atoms in total. The van der Waals surface area contributed by atoms with Crippen LogP contribution in [0.4, 0.5) is 15.8 Å². The third-order valence-electron chi connectivity index (χ3n) is 6.49. The molecule has 9 heteroatoms. The summed E-state index contributed by atoms with van der Waals surface area (Å²) in [5.41, 5.74) is 9.81. The lowest BCUT2D eigenvalue weighted by Crippen LogP contribution is -2.39. The van der Waals surface area contributed by atoms with Crippen molar-refractivity contribution in [3.63, 3.8) is 0 Å². The number of carbonyl (C=O) groups is 3. The van der Waals surface area contributed by atoms with E-state index in [4.69, 9.17) is 5.73 Å². The van der Waals surface area contributed by atoms with E-state index in [0.29, 0.717) is 42.7 Å². The molecular formula is C25H24FN5O3. The summed E-state index contributed by atoms with van der Waals surface area (Å²) in [7, 11) is 0. The first-order chi connectivity index (χ1) is 16.3. The van der Waals surface area contributed by atoms with Crippen LogP contribution in [-0.4, -0.2) is 40.6 Å². The summed E-state index contributed by atoms with van der Waals surface area (Å²) >= 11 is 0. The Bertz CT molecular complexity index is 1360. The molecule has 2 N–H and O–H groups in total. The minimum absolute atomic E-state index is 0.0475. The molecule has 174 valence electrons. The van der Waals surface area contributed by atoms with Gasteiger partial charge >= 0.3 is 0 Å². The number of fused-ring (bicyclic) bond motifs is 1. The Balaban J connectivity index is 1.57. The van der Waals surface area contributed by atoms with E-state index < -0.39 is 11.7 Å². The van der Waals surface area contributed by atoms with E-state index in [2.05, 4.69) is 5.10 Å². The van der Waals surface area contributed by atoms with Crippen LogP contribution in [0.3, 0.4) is 0 Å². The van der Waals surface area contributed by atoms with Crippen molar-refractivity contribution in [1.29, 1.82) is 0 Å². The van der Waals surface area contributed by atoms with Crippen LogP contribution in [0.25, 0.3) is 5.69 Å². The zero-order valence-electron chi connectivity index (χ0n) is 19.0. The Morgan fingerprint density at radius 3 is 2.35 bits per heavy atom. The molecule has 0 aliphatic carbocycles. The number of carbonyl (C=O) groups excluding carboxylic acids is 3. The highest BCUT2D eigenvalue weighted by Crippen LogP contribution is 2.33. The number of amides is 3. The number of hydrogen-bond donors (Lipinski definition) is 1. The summed E-state index contributed by atoms with van der Waals surface area (Å²) in [4.78, 5) is 41.4. The van der Waals surface area contributed by atoms with E-state index >= 15 is 0 Å². The normalized spacial score (nSPS) is 15.7. The SMILES string of the molecule is Cc1cc(N2CCCC2=O)ccc1N1CCc2c(C(N)=O)nn(-c3ccc(F)cc3C)c2C1=O. The van der Waals surface area contributed by atoms with Gasteiger partial charge in [-0.05, 0) is 74.2 Å². The summed E-state index contributed by atoms with van der Waals surface area (Å²) in [5, 5.41) is 4.36. The maximum Gasteiger partial charge on any atom is 0.277 e. The third kappa shape index (κ3) is 3.44. The quantitative estimate of drug-likeness (QED) is 0.645. The van der Waals surface area contributed by atoms with E-state index in [1.54, 1.807) is 16.7 Å². The topological polar surface area (TPSA) is 102 Å². The van der Waals surface area contributed by atoms with Crippen LogP contribution < -0.4 is 15.5 Å². The second-order valence-corrected chi connectivity index (χ2v) is 8.71. The fraction of sp³-hybridized carbons (Fsp3) is 0.280. The van der Waals surface area contributed by atoms with Crippen LogP contribution in [0.15, 0.2) is 36.4 Å². The number of benzene rings is 2. The van der Waals surface area contributed by atoms with E-state index in [1.165, 1.54) is 22.9 Å². The predicted octanol–water partition coefficient (Wildman–Crippen LogP) is 3.06. The molecule has 5 rings (SSSR count). The van der Waals surface area contributed by atoms with Crippen molar-refractivity contribution in [2.75, 3.05) is 22.9 Å². The summed E-state index contributed by atoms with van der Waals surface area (Å²) in [6, 6.07) is 9.77. The molecule has 2 aliphatic heterocycles. The number of aromatic nitrogens is 2. The van der Waals surface area contributed by atoms with Crippen LogP contribution in [0, 0.1) is 19.7 Å². The van der Waals surface area contributed by atoms with Gasteiger partial charge in [-0.1, -0.05) is 0 Å². The summed E-state index contributed by atoms with van der Waals surface area (Å²) < 4.78 is 15.1. The minimum atomic E-state index is -0.716. The number of rotatable bonds is 4. The van der Waals surface area contributed by atoms with Gasteiger partial charge in [0, 0.05) is 36.4 Å². The Morgan fingerprint density at radius 2 is 1.71 bits per heavy atom. The molecule has 0 spiro atoms. The summed E-state index contributed by atoms with van der Waals surface area (Å²) in [6.45, 7) is 4.65. The van der Waals surface area contributed by atoms with Gasteiger partial charge in [0.1, 0.15) is 11.5 Å². The summed E-state index contributed by atoms with van der Waals surface area (Å²) in [5.74, 6) is -1.34. The van der Waals surface area contributed by atoms with Crippen molar-refractivity contribution < 1.29 is 18.8 Å². The second kappa shape index (κ2) is 8.09. The Hall–Kier alpha value is -4.01. The predicted molar refractivity (Wildman–Crippen MR) is 125 cm³/mol. The first-order valence-electron chi connectivity index (χ1n) is 11.2. The van der Waals surface area contributed by atoms with Gasteiger partial charge in [0.2, 0.25) is 5.91 Å². The molecule has 0 radical (unpaired) electrons. The molecule has 2 aliphatic rings. The monoisotopic (exact) mass is 461 g/mol. The molecule has 2 aromatic carbocycles. The fourth-order valence-electron chi connectivity index (χ4n) is 4.85.